The molecule has 0 spiro atoms. The Balaban J connectivity index is 0.00000242. The molecule has 1 aliphatic heterocycles. The monoisotopic (exact) mass is 331 g/mol. The van der Waals surface area contributed by atoms with Gasteiger partial charge < -0.3 is 10.6 Å². The second-order valence-corrected chi connectivity index (χ2v) is 6.99. The van der Waals surface area contributed by atoms with Crippen molar-refractivity contribution >= 4 is 18.3 Å². The van der Waals surface area contributed by atoms with Crippen LogP contribution >= 0.6 is 12.4 Å². The third kappa shape index (κ3) is 5.39. The number of nitrogens with two attached hydrogens (primary N) is 1. The molecule has 130 valence electrons. The lowest BCUT2D eigenvalue weighted by Gasteiger charge is -2.30. The zero-order valence-corrected chi connectivity index (χ0v) is 15.1. The molecule has 2 fully saturated rings. The third-order valence-electron chi connectivity index (χ3n) is 5.40. The molecular weight excluding hydrogens is 298 g/mol. The zero-order chi connectivity index (χ0) is 15.2. The first kappa shape index (κ1) is 19.7. The van der Waals surface area contributed by atoms with E-state index in [9.17, 15) is 4.79 Å². The normalized spacial score (nSPS) is 24.8. The maximum atomic E-state index is 12.5. The van der Waals surface area contributed by atoms with Crippen molar-refractivity contribution in [1.82, 2.24) is 9.80 Å². The maximum absolute atomic E-state index is 12.5. The van der Waals surface area contributed by atoms with Crippen LogP contribution in [0, 0.1) is 5.92 Å². The largest absolute Gasteiger partial charge is 0.343 e. The number of rotatable bonds is 6. The highest BCUT2D eigenvalue weighted by Crippen LogP contribution is 2.27. The van der Waals surface area contributed by atoms with E-state index in [-0.39, 0.29) is 24.4 Å². The summed E-state index contributed by atoms with van der Waals surface area (Å²) in [4.78, 5) is 16.8. The minimum Gasteiger partial charge on any atom is -0.343 e. The predicted molar refractivity (Wildman–Crippen MR) is 94.3 cm³/mol. The van der Waals surface area contributed by atoms with Gasteiger partial charge in [-0.25, -0.2) is 0 Å². The van der Waals surface area contributed by atoms with E-state index >= 15 is 0 Å². The van der Waals surface area contributed by atoms with Crippen LogP contribution in [0.1, 0.15) is 58.3 Å². The van der Waals surface area contributed by atoms with E-state index in [4.69, 9.17) is 5.73 Å². The summed E-state index contributed by atoms with van der Waals surface area (Å²) >= 11 is 0. The van der Waals surface area contributed by atoms with Gasteiger partial charge in [-0.2, -0.15) is 0 Å². The lowest BCUT2D eigenvalue weighted by molar-refractivity contribution is -0.132. The molecule has 22 heavy (non-hydrogen) atoms. The summed E-state index contributed by atoms with van der Waals surface area (Å²) in [5.41, 5.74) is 6.19. The van der Waals surface area contributed by atoms with Crippen LogP contribution in [0.15, 0.2) is 0 Å². The summed E-state index contributed by atoms with van der Waals surface area (Å²) in [6.45, 7) is 5.30. The minimum atomic E-state index is -0.297. The number of amides is 1. The molecule has 0 aromatic heterocycles. The Morgan fingerprint density at radius 3 is 2.55 bits per heavy atom. The van der Waals surface area contributed by atoms with Crippen molar-refractivity contribution in [3.05, 3.63) is 0 Å². The average Bonchev–Trinajstić information content (AvgIpc) is 2.94. The summed E-state index contributed by atoms with van der Waals surface area (Å²) in [7, 11) is 1.93. The molecule has 0 radical (unpaired) electrons. The van der Waals surface area contributed by atoms with E-state index in [0.717, 1.165) is 19.5 Å². The molecule has 1 amide bonds. The number of likely N-dealkylation sites (N-methyl/N-ethyl adjacent to an activating group) is 2. The Morgan fingerprint density at radius 1 is 1.23 bits per heavy atom. The van der Waals surface area contributed by atoms with Gasteiger partial charge in [-0.05, 0) is 38.3 Å². The van der Waals surface area contributed by atoms with E-state index in [1.807, 2.05) is 11.9 Å². The molecule has 0 aromatic carbocycles. The predicted octanol–water partition coefficient (Wildman–Crippen LogP) is 2.65. The first-order chi connectivity index (χ1) is 10.1. The highest BCUT2D eigenvalue weighted by molar-refractivity contribution is 5.85. The summed E-state index contributed by atoms with van der Waals surface area (Å²) in [5, 5.41) is 0. The maximum Gasteiger partial charge on any atom is 0.239 e. The number of carbonyl (C=O) groups excluding carboxylic acids is 1. The highest BCUT2D eigenvalue weighted by atomic mass is 35.5. The Labute approximate surface area is 142 Å². The molecule has 1 saturated heterocycles. The standard InChI is InChI=1S/C17H33N3O.ClH/c1-3-20-11-7-10-15(20)13-19(2)17(21)16(18)12-14-8-5-4-6-9-14;/h14-16H,3-13,18H2,1-2H3;1H. The number of likely N-dealkylation sites (tertiary alicyclic amines) is 1. The Hall–Kier alpha value is -0.320. The number of halogens is 1. The highest BCUT2D eigenvalue weighted by Gasteiger charge is 2.28. The van der Waals surface area contributed by atoms with Crippen LogP contribution in [0.25, 0.3) is 0 Å². The fourth-order valence-electron chi connectivity index (χ4n) is 4.09. The van der Waals surface area contributed by atoms with E-state index in [1.54, 1.807) is 0 Å². The van der Waals surface area contributed by atoms with Crippen LogP contribution in [-0.2, 0) is 4.79 Å². The van der Waals surface area contributed by atoms with Gasteiger partial charge in [0.1, 0.15) is 0 Å². The lowest BCUT2D eigenvalue weighted by atomic mass is 9.85. The molecule has 2 rings (SSSR count). The summed E-state index contributed by atoms with van der Waals surface area (Å²) < 4.78 is 0. The van der Waals surface area contributed by atoms with Crippen LogP contribution in [0.5, 0.6) is 0 Å². The van der Waals surface area contributed by atoms with Gasteiger partial charge in [-0.15, -0.1) is 12.4 Å². The molecule has 1 saturated carbocycles. The van der Waals surface area contributed by atoms with Gasteiger partial charge in [0.2, 0.25) is 5.91 Å². The van der Waals surface area contributed by atoms with Crippen LogP contribution in [0.4, 0.5) is 0 Å². The van der Waals surface area contributed by atoms with Crippen molar-refractivity contribution in [3.63, 3.8) is 0 Å². The first-order valence-electron chi connectivity index (χ1n) is 8.86. The SMILES string of the molecule is CCN1CCCC1CN(C)C(=O)C(N)CC1CCCCC1.Cl. The van der Waals surface area contributed by atoms with E-state index < -0.39 is 0 Å². The molecule has 2 unspecified atom stereocenters. The average molecular weight is 332 g/mol. The van der Waals surface area contributed by atoms with Crippen LogP contribution in [-0.4, -0.2) is 54.5 Å². The number of hydrogen-bond acceptors (Lipinski definition) is 3. The van der Waals surface area contributed by atoms with E-state index in [0.29, 0.717) is 12.0 Å². The second kappa shape index (κ2) is 9.74. The van der Waals surface area contributed by atoms with Gasteiger partial charge >= 0.3 is 0 Å². The molecule has 1 aliphatic carbocycles. The van der Waals surface area contributed by atoms with Crippen LogP contribution < -0.4 is 5.73 Å². The van der Waals surface area contributed by atoms with E-state index in [2.05, 4.69) is 11.8 Å². The Morgan fingerprint density at radius 2 is 1.91 bits per heavy atom. The third-order valence-corrected chi connectivity index (χ3v) is 5.40. The Bertz CT molecular complexity index is 334. The molecule has 0 aromatic rings. The van der Waals surface area contributed by atoms with Crippen molar-refractivity contribution in [3.8, 4) is 0 Å². The molecule has 1 heterocycles. The van der Waals surface area contributed by atoms with E-state index in [1.165, 1.54) is 51.5 Å². The van der Waals surface area contributed by atoms with Crippen molar-refractivity contribution in [2.45, 2.75) is 70.4 Å². The molecule has 2 atom stereocenters. The zero-order valence-electron chi connectivity index (χ0n) is 14.3. The minimum absolute atomic E-state index is 0. The molecule has 5 heteroatoms. The van der Waals surface area contributed by atoms with Crippen LogP contribution in [0.2, 0.25) is 0 Å². The summed E-state index contributed by atoms with van der Waals surface area (Å²) in [6, 6.07) is 0.236. The molecule has 0 bridgehead atoms. The topological polar surface area (TPSA) is 49.6 Å². The number of carbonyl (C=O) groups is 1. The van der Waals surface area contributed by atoms with Gasteiger partial charge in [0.15, 0.2) is 0 Å². The molecule has 2 aliphatic rings. The number of nitrogens with zero attached hydrogens (tertiary/aromatic N) is 2. The molecular formula is C17H34ClN3O. The van der Waals surface area contributed by atoms with Gasteiger partial charge in [0.25, 0.3) is 0 Å². The van der Waals surface area contributed by atoms with Gasteiger partial charge in [-0.1, -0.05) is 39.0 Å². The van der Waals surface area contributed by atoms with Crippen molar-refractivity contribution in [1.29, 1.82) is 0 Å². The first-order valence-corrected chi connectivity index (χ1v) is 8.86. The fourth-order valence-corrected chi connectivity index (χ4v) is 4.09. The summed E-state index contributed by atoms with van der Waals surface area (Å²) in [6.07, 6.45) is 9.86. The van der Waals surface area contributed by atoms with Crippen molar-refractivity contribution < 1.29 is 4.79 Å². The quantitative estimate of drug-likeness (QED) is 0.814. The second-order valence-electron chi connectivity index (χ2n) is 6.99. The molecule has 2 N–H and O–H groups in total. The smallest absolute Gasteiger partial charge is 0.239 e. The number of hydrogen-bond donors (Lipinski definition) is 1. The summed E-state index contributed by atoms with van der Waals surface area (Å²) in [5.74, 6) is 0.813. The van der Waals surface area contributed by atoms with Gasteiger partial charge in [-0.3, -0.25) is 9.69 Å². The Kier molecular flexibility index (Phi) is 8.73. The van der Waals surface area contributed by atoms with Crippen molar-refractivity contribution in [2.75, 3.05) is 26.7 Å². The van der Waals surface area contributed by atoms with Crippen LogP contribution in [0.3, 0.4) is 0 Å². The fraction of sp³-hybridized carbons (Fsp3) is 0.941. The van der Waals surface area contributed by atoms with Gasteiger partial charge in [0.05, 0.1) is 6.04 Å². The molecule has 4 nitrogen and oxygen atoms in total. The van der Waals surface area contributed by atoms with Gasteiger partial charge in [0, 0.05) is 19.6 Å². The lowest BCUT2D eigenvalue weighted by Crippen LogP contribution is -2.47. The van der Waals surface area contributed by atoms with Crippen molar-refractivity contribution in [2.24, 2.45) is 11.7 Å².